The van der Waals surface area contributed by atoms with E-state index in [1.54, 1.807) is 0 Å². The van der Waals surface area contributed by atoms with Crippen molar-refractivity contribution in [2.24, 2.45) is 0 Å². The second kappa shape index (κ2) is 6.52. The Morgan fingerprint density at radius 2 is 2.00 bits per heavy atom. The molecule has 0 aliphatic heterocycles. The standard InChI is InChI=1S/C15H22N4O/c1-4-19(5-2)10-9-14-17-15(20-18-14)12-7-6-8-13(16)11(12)3/h6-8H,4-5,9-10,16H2,1-3H3. The van der Waals surface area contributed by atoms with Crippen molar-refractivity contribution < 1.29 is 4.52 Å². The van der Waals surface area contributed by atoms with E-state index in [1.807, 2.05) is 25.1 Å². The Kier molecular flexibility index (Phi) is 4.74. The molecule has 2 N–H and O–H groups in total. The first-order valence-electron chi connectivity index (χ1n) is 7.06. The molecule has 0 bridgehead atoms. The van der Waals surface area contributed by atoms with Gasteiger partial charge in [0.1, 0.15) is 0 Å². The van der Waals surface area contributed by atoms with Crippen LogP contribution in [0.3, 0.4) is 0 Å². The summed E-state index contributed by atoms with van der Waals surface area (Å²) in [5.74, 6) is 1.29. The molecule has 5 heteroatoms. The van der Waals surface area contributed by atoms with Crippen LogP contribution >= 0.6 is 0 Å². The Hall–Kier alpha value is -1.88. The second-order valence-electron chi connectivity index (χ2n) is 4.81. The Bertz CT molecular complexity index is 561. The monoisotopic (exact) mass is 274 g/mol. The van der Waals surface area contributed by atoms with Crippen molar-refractivity contribution >= 4 is 5.69 Å². The molecule has 1 aromatic heterocycles. The lowest BCUT2D eigenvalue weighted by molar-refractivity contribution is 0.303. The first kappa shape index (κ1) is 14.5. The summed E-state index contributed by atoms with van der Waals surface area (Å²) in [4.78, 5) is 6.80. The van der Waals surface area contributed by atoms with Crippen molar-refractivity contribution in [3.63, 3.8) is 0 Å². The third-order valence-corrected chi connectivity index (χ3v) is 3.62. The number of nitrogen functional groups attached to an aromatic ring is 1. The van der Waals surface area contributed by atoms with Crippen LogP contribution in [0.25, 0.3) is 11.5 Å². The Labute approximate surface area is 119 Å². The topological polar surface area (TPSA) is 68.2 Å². The van der Waals surface area contributed by atoms with Gasteiger partial charge >= 0.3 is 0 Å². The van der Waals surface area contributed by atoms with E-state index >= 15 is 0 Å². The maximum Gasteiger partial charge on any atom is 0.258 e. The van der Waals surface area contributed by atoms with Gasteiger partial charge in [-0.25, -0.2) is 0 Å². The molecular formula is C15H22N4O. The summed E-state index contributed by atoms with van der Waals surface area (Å²) < 4.78 is 5.35. The van der Waals surface area contributed by atoms with Gasteiger partial charge in [0.25, 0.3) is 5.89 Å². The number of anilines is 1. The van der Waals surface area contributed by atoms with Crippen molar-refractivity contribution in [1.82, 2.24) is 15.0 Å². The molecule has 0 radical (unpaired) electrons. The minimum atomic E-state index is 0.546. The van der Waals surface area contributed by atoms with Gasteiger partial charge in [-0.3, -0.25) is 0 Å². The van der Waals surface area contributed by atoms with E-state index in [9.17, 15) is 0 Å². The molecule has 1 aromatic carbocycles. The molecule has 0 atom stereocenters. The predicted molar refractivity (Wildman–Crippen MR) is 80.4 cm³/mol. The number of benzene rings is 1. The van der Waals surface area contributed by atoms with E-state index in [0.29, 0.717) is 5.89 Å². The minimum Gasteiger partial charge on any atom is -0.398 e. The molecule has 1 heterocycles. The van der Waals surface area contributed by atoms with Gasteiger partial charge in [0.05, 0.1) is 0 Å². The van der Waals surface area contributed by atoms with Crippen molar-refractivity contribution in [2.75, 3.05) is 25.4 Å². The van der Waals surface area contributed by atoms with Gasteiger partial charge in [-0.05, 0) is 37.7 Å². The summed E-state index contributed by atoms with van der Waals surface area (Å²) in [5.41, 5.74) is 8.53. The van der Waals surface area contributed by atoms with Gasteiger partial charge in [0.2, 0.25) is 0 Å². The molecule has 0 aliphatic carbocycles. The predicted octanol–water partition coefficient (Wildman–Crippen LogP) is 2.51. The highest BCUT2D eigenvalue weighted by Crippen LogP contribution is 2.25. The number of aromatic nitrogens is 2. The SMILES string of the molecule is CCN(CC)CCc1noc(-c2cccc(N)c2C)n1. The lowest BCUT2D eigenvalue weighted by Gasteiger charge is -2.16. The Morgan fingerprint density at radius 1 is 1.25 bits per heavy atom. The zero-order valence-electron chi connectivity index (χ0n) is 12.4. The third-order valence-electron chi connectivity index (χ3n) is 3.62. The number of nitrogens with zero attached hydrogens (tertiary/aromatic N) is 3. The maximum absolute atomic E-state index is 5.90. The molecule has 20 heavy (non-hydrogen) atoms. The summed E-state index contributed by atoms with van der Waals surface area (Å²) in [6.45, 7) is 9.29. The smallest absolute Gasteiger partial charge is 0.258 e. The largest absolute Gasteiger partial charge is 0.398 e. The van der Waals surface area contributed by atoms with E-state index in [-0.39, 0.29) is 0 Å². The van der Waals surface area contributed by atoms with Crippen LogP contribution < -0.4 is 5.73 Å². The summed E-state index contributed by atoms with van der Waals surface area (Å²) in [6, 6.07) is 5.72. The molecule has 0 spiro atoms. The minimum absolute atomic E-state index is 0.546. The quantitative estimate of drug-likeness (QED) is 0.820. The van der Waals surface area contributed by atoms with Crippen molar-refractivity contribution in [3.05, 3.63) is 29.6 Å². The van der Waals surface area contributed by atoms with E-state index in [4.69, 9.17) is 10.3 Å². The molecule has 0 saturated carbocycles. The molecule has 0 unspecified atom stereocenters. The maximum atomic E-state index is 5.90. The average molecular weight is 274 g/mol. The van der Waals surface area contributed by atoms with E-state index < -0.39 is 0 Å². The number of likely N-dealkylation sites (N-methyl/N-ethyl adjacent to an activating group) is 1. The molecule has 5 nitrogen and oxygen atoms in total. The highest BCUT2D eigenvalue weighted by atomic mass is 16.5. The number of rotatable bonds is 6. The highest BCUT2D eigenvalue weighted by molar-refractivity contribution is 5.66. The zero-order chi connectivity index (χ0) is 14.5. The fraction of sp³-hybridized carbons (Fsp3) is 0.467. The van der Waals surface area contributed by atoms with E-state index in [0.717, 1.165) is 48.7 Å². The van der Waals surface area contributed by atoms with Gasteiger partial charge in [-0.1, -0.05) is 25.1 Å². The van der Waals surface area contributed by atoms with Crippen LogP contribution in [0.2, 0.25) is 0 Å². The van der Waals surface area contributed by atoms with Gasteiger partial charge in [-0.2, -0.15) is 4.98 Å². The average Bonchev–Trinajstić information content (AvgIpc) is 2.92. The van der Waals surface area contributed by atoms with Gasteiger partial charge in [0, 0.05) is 24.2 Å². The third kappa shape index (κ3) is 3.17. The molecule has 0 saturated heterocycles. The van der Waals surface area contributed by atoms with Gasteiger partial charge in [0.15, 0.2) is 5.82 Å². The highest BCUT2D eigenvalue weighted by Gasteiger charge is 2.12. The van der Waals surface area contributed by atoms with E-state index in [2.05, 4.69) is 28.9 Å². The van der Waals surface area contributed by atoms with Crippen LogP contribution in [-0.2, 0) is 6.42 Å². The first-order chi connectivity index (χ1) is 9.65. The summed E-state index contributed by atoms with van der Waals surface area (Å²) in [5, 5.41) is 4.05. The number of hydrogen-bond acceptors (Lipinski definition) is 5. The van der Waals surface area contributed by atoms with Crippen molar-refractivity contribution in [3.8, 4) is 11.5 Å². The molecule has 2 aromatic rings. The van der Waals surface area contributed by atoms with Crippen LogP contribution in [0.4, 0.5) is 5.69 Å². The van der Waals surface area contributed by atoms with Crippen LogP contribution in [0.5, 0.6) is 0 Å². The second-order valence-corrected chi connectivity index (χ2v) is 4.81. The van der Waals surface area contributed by atoms with Crippen molar-refractivity contribution in [1.29, 1.82) is 0 Å². The summed E-state index contributed by atoms with van der Waals surface area (Å²) in [6.07, 6.45) is 0.798. The van der Waals surface area contributed by atoms with Crippen LogP contribution in [0.1, 0.15) is 25.2 Å². The molecule has 0 fully saturated rings. The molecule has 108 valence electrons. The molecular weight excluding hydrogens is 252 g/mol. The normalized spacial score (nSPS) is 11.2. The fourth-order valence-corrected chi connectivity index (χ4v) is 2.15. The van der Waals surface area contributed by atoms with Crippen LogP contribution in [0, 0.1) is 6.92 Å². The Balaban J connectivity index is 2.11. The number of hydrogen-bond donors (Lipinski definition) is 1. The van der Waals surface area contributed by atoms with Crippen LogP contribution in [-0.4, -0.2) is 34.7 Å². The lowest BCUT2D eigenvalue weighted by atomic mass is 10.1. The molecule has 2 rings (SSSR count). The van der Waals surface area contributed by atoms with Gasteiger partial charge < -0.3 is 15.2 Å². The summed E-state index contributed by atoms with van der Waals surface area (Å²) >= 11 is 0. The van der Waals surface area contributed by atoms with Crippen molar-refractivity contribution in [2.45, 2.75) is 27.2 Å². The number of nitrogens with two attached hydrogens (primary N) is 1. The summed E-state index contributed by atoms with van der Waals surface area (Å²) in [7, 11) is 0. The zero-order valence-corrected chi connectivity index (χ0v) is 12.4. The first-order valence-corrected chi connectivity index (χ1v) is 7.06. The van der Waals surface area contributed by atoms with Gasteiger partial charge in [-0.15, -0.1) is 0 Å². The van der Waals surface area contributed by atoms with Crippen LogP contribution in [0.15, 0.2) is 22.7 Å². The fourth-order valence-electron chi connectivity index (χ4n) is 2.15. The molecule has 0 aliphatic rings. The lowest BCUT2D eigenvalue weighted by Crippen LogP contribution is -2.25. The van der Waals surface area contributed by atoms with E-state index in [1.165, 1.54) is 0 Å². The Morgan fingerprint density at radius 3 is 2.70 bits per heavy atom. The molecule has 0 amide bonds.